The van der Waals surface area contributed by atoms with Gasteiger partial charge in [0.1, 0.15) is 0 Å². The number of hydrogen-bond acceptors (Lipinski definition) is 3. The second-order valence-electron chi connectivity index (χ2n) is 5.06. The Bertz CT molecular complexity index is 828. The number of imidazole rings is 1. The summed E-state index contributed by atoms with van der Waals surface area (Å²) < 4.78 is 1.78. The van der Waals surface area contributed by atoms with Crippen LogP contribution >= 0.6 is 11.3 Å². The van der Waals surface area contributed by atoms with E-state index in [4.69, 9.17) is 0 Å². The molecule has 0 unspecified atom stereocenters. The van der Waals surface area contributed by atoms with E-state index in [0.29, 0.717) is 5.69 Å². The van der Waals surface area contributed by atoms with Crippen molar-refractivity contribution >= 4 is 22.3 Å². The molecule has 1 aromatic carbocycles. The molecule has 0 amide bonds. The topological polar surface area (TPSA) is 54.6 Å². The molecule has 3 aromatic rings. The molecule has 1 N–H and O–H groups in total. The van der Waals surface area contributed by atoms with Gasteiger partial charge in [-0.1, -0.05) is 36.8 Å². The van der Waals surface area contributed by atoms with Gasteiger partial charge in [-0.05, 0) is 25.8 Å². The van der Waals surface area contributed by atoms with Crippen LogP contribution in [0.3, 0.4) is 0 Å². The maximum atomic E-state index is 11.6. The van der Waals surface area contributed by atoms with Gasteiger partial charge in [-0.25, -0.2) is 9.78 Å². The zero-order valence-electron chi connectivity index (χ0n) is 12.2. The minimum absolute atomic E-state index is 0.261. The van der Waals surface area contributed by atoms with Crippen molar-refractivity contribution in [1.29, 1.82) is 0 Å². The highest BCUT2D eigenvalue weighted by Crippen LogP contribution is 2.34. The van der Waals surface area contributed by atoms with Gasteiger partial charge in [-0.15, -0.1) is 11.3 Å². The number of aryl methyl sites for hydroxylation is 3. The third-order valence-electron chi connectivity index (χ3n) is 3.57. The van der Waals surface area contributed by atoms with E-state index in [1.165, 1.54) is 5.56 Å². The molecule has 0 aliphatic rings. The zero-order valence-corrected chi connectivity index (χ0v) is 13.0. The molecule has 0 radical (unpaired) electrons. The van der Waals surface area contributed by atoms with Gasteiger partial charge >= 0.3 is 5.97 Å². The molecule has 4 nitrogen and oxygen atoms in total. The van der Waals surface area contributed by atoms with Crippen molar-refractivity contribution in [2.24, 2.45) is 0 Å². The predicted octanol–water partition coefficient (Wildman–Crippen LogP) is 3.94. The van der Waals surface area contributed by atoms with E-state index >= 15 is 0 Å². The molecule has 2 heterocycles. The lowest BCUT2D eigenvalue weighted by atomic mass is 10.1. The van der Waals surface area contributed by atoms with Gasteiger partial charge in [0.25, 0.3) is 0 Å². The highest BCUT2D eigenvalue weighted by atomic mass is 32.1. The summed E-state index contributed by atoms with van der Waals surface area (Å²) in [6, 6.07) is 8.17. The van der Waals surface area contributed by atoms with Crippen LogP contribution in [-0.4, -0.2) is 20.5 Å². The van der Waals surface area contributed by atoms with Crippen molar-refractivity contribution in [3.8, 4) is 11.3 Å². The normalized spacial score (nSPS) is 11.2. The Morgan fingerprint density at radius 1 is 1.29 bits per heavy atom. The van der Waals surface area contributed by atoms with Crippen LogP contribution in [-0.2, 0) is 6.42 Å². The zero-order chi connectivity index (χ0) is 15.1. The first-order valence-electron chi connectivity index (χ1n) is 6.84. The maximum Gasteiger partial charge on any atom is 0.354 e. The molecule has 0 aliphatic heterocycles. The average Bonchev–Trinajstić information content (AvgIpc) is 2.93. The van der Waals surface area contributed by atoms with E-state index in [-0.39, 0.29) is 5.69 Å². The first-order valence-corrected chi connectivity index (χ1v) is 7.65. The van der Waals surface area contributed by atoms with Crippen molar-refractivity contribution in [1.82, 2.24) is 9.38 Å². The second kappa shape index (κ2) is 5.00. The van der Waals surface area contributed by atoms with Crippen LogP contribution in [0.2, 0.25) is 0 Å². The molecule has 108 valence electrons. The van der Waals surface area contributed by atoms with Gasteiger partial charge in [0.05, 0.1) is 11.4 Å². The van der Waals surface area contributed by atoms with Crippen LogP contribution < -0.4 is 0 Å². The van der Waals surface area contributed by atoms with Gasteiger partial charge in [0, 0.05) is 4.88 Å². The van der Waals surface area contributed by atoms with Crippen LogP contribution in [0.25, 0.3) is 16.2 Å². The van der Waals surface area contributed by atoms with Gasteiger partial charge in [-0.3, -0.25) is 4.40 Å². The summed E-state index contributed by atoms with van der Waals surface area (Å²) in [5, 5.41) is 9.49. The number of carboxylic acid groups (broad SMARTS) is 1. The van der Waals surface area contributed by atoms with Crippen LogP contribution in [0.4, 0.5) is 0 Å². The summed E-state index contributed by atoms with van der Waals surface area (Å²) >= 11 is 1.56. The largest absolute Gasteiger partial charge is 0.477 e. The van der Waals surface area contributed by atoms with E-state index < -0.39 is 5.97 Å². The molecule has 0 fully saturated rings. The van der Waals surface area contributed by atoms with Crippen molar-refractivity contribution in [3.05, 3.63) is 46.1 Å². The number of rotatable bonds is 3. The lowest BCUT2D eigenvalue weighted by Crippen LogP contribution is -2.05. The van der Waals surface area contributed by atoms with E-state index in [1.807, 2.05) is 31.2 Å². The number of fused-ring (bicyclic) bond motifs is 1. The van der Waals surface area contributed by atoms with Crippen LogP contribution in [0.1, 0.15) is 33.5 Å². The Labute approximate surface area is 126 Å². The Morgan fingerprint density at radius 2 is 1.95 bits per heavy atom. The fourth-order valence-corrected chi connectivity index (χ4v) is 3.68. The van der Waals surface area contributed by atoms with Crippen LogP contribution in [0.15, 0.2) is 24.3 Å². The van der Waals surface area contributed by atoms with E-state index in [2.05, 4.69) is 11.9 Å². The number of nitrogens with zero attached hydrogens (tertiary/aromatic N) is 2. The SMILES string of the molecule is CCc1sc2nc(C)c(C(=O)O)n2c1-c1ccc(C)cc1. The van der Waals surface area contributed by atoms with E-state index in [0.717, 1.165) is 27.5 Å². The minimum Gasteiger partial charge on any atom is -0.477 e. The van der Waals surface area contributed by atoms with E-state index in [9.17, 15) is 9.90 Å². The van der Waals surface area contributed by atoms with Crippen LogP contribution in [0, 0.1) is 13.8 Å². The molecule has 0 bridgehead atoms. The lowest BCUT2D eigenvalue weighted by molar-refractivity contribution is 0.0688. The van der Waals surface area contributed by atoms with Crippen molar-refractivity contribution in [2.45, 2.75) is 27.2 Å². The van der Waals surface area contributed by atoms with Crippen LogP contribution in [0.5, 0.6) is 0 Å². The number of carbonyl (C=O) groups is 1. The number of benzene rings is 1. The fourth-order valence-electron chi connectivity index (χ4n) is 2.55. The summed E-state index contributed by atoms with van der Waals surface area (Å²) in [5.41, 5.74) is 3.99. The Balaban J connectivity index is 2.38. The molecule has 0 atom stereocenters. The monoisotopic (exact) mass is 300 g/mol. The van der Waals surface area contributed by atoms with Crippen molar-refractivity contribution < 1.29 is 9.90 Å². The number of aromatic nitrogens is 2. The van der Waals surface area contributed by atoms with Gasteiger partial charge in [0.2, 0.25) is 0 Å². The third-order valence-corrected chi connectivity index (χ3v) is 4.76. The molecular formula is C16H16N2O2S. The highest BCUT2D eigenvalue weighted by Gasteiger charge is 2.23. The number of thiazole rings is 1. The Kier molecular flexibility index (Phi) is 3.29. The molecule has 21 heavy (non-hydrogen) atoms. The van der Waals surface area contributed by atoms with Gasteiger partial charge in [0.15, 0.2) is 10.7 Å². The molecule has 5 heteroatoms. The molecule has 3 rings (SSSR count). The minimum atomic E-state index is -0.936. The average molecular weight is 300 g/mol. The highest BCUT2D eigenvalue weighted by molar-refractivity contribution is 7.17. The smallest absolute Gasteiger partial charge is 0.354 e. The number of aromatic carboxylic acids is 1. The summed E-state index contributed by atoms with van der Waals surface area (Å²) in [6.45, 7) is 5.86. The molecule has 0 aliphatic carbocycles. The standard InChI is InChI=1S/C16H16N2O2S/c1-4-12-14(11-7-5-9(2)6-8-11)18-13(15(19)20)10(3)17-16(18)21-12/h5-8H,4H2,1-3H3,(H,19,20). The molecule has 0 saturated carbocycles. The van der Waals surface area contributed by atoms with Gasteiger partial charge < -0.3 is 5.11 Å². The third kappa shape index (κ3) is 2.14. The lowest BCUT2D eigenvalue weighted by Gasteiger charge is -2.06. The fraction of sp³-hybridized carbons (Fsp3) is 0.250. The molecule has 0 saturated heterocycles. The van der Waals surface area contributed by atoms with Crippen molar-refractivity contribution in [3.63, 3.8) is 0 Å². The summed E-state index contributed by atoms with van der Waals surface area (Å²) in [5.74, 6) is -0.936. The first-order chi connectivity index (χ1) is 10.0. The van der Waals surface area contributed by atoms with Gasteiger partial charge in [-0.2, -0.15) is 0 Å². The van der Waals surface area contributed by atoms with Crippen molar-refractivity contribution in [2.75, 3.05) is 0 Å². The van der Waals surface area contributed by atoms with E-state index in [1.54, 1.807) is 22.7 Å². The summed E-state index contributed by atoms with van der Waals surface area (Å²) in [4.78, 5) is 17.9. The number of carboxylic acids is 1. The maximum absolute atomic E-state index is 11.6. The summed E-state index contributed by atoms with van der Waals surface area (Å²) in [7, 11) is 0. The second-order valence-corrected chi connectivity index (χ2v) is 6.12. The Hall–Kier alpha value is -2.14. The molecular weight excluding hydrogens is 284 g/mol. The summed E-state index contributed by atoms with van der Waals surface area (Å²) in [6.07, 6.45) is 0.856. The Morgan fingerprint density at radius 3 is 2.52 bits per heavy atom. The molecule has 2 aromatic heterocycles. The quantitative estimate of drug-likeness (QED) is 0.797. The molecule has 0 spiro atoms. The first kappa shape index (κ1) is 13.8. The number of hydrogen-bond donors (Lipinski definition) is 1. The predicted molar refractivity (Wildman–Crippen MR) is 84.3 cm³/mol.